The summed E-state index contributed by atoms with van der Waals surface area (Å²) in [7, 11) is 3.25. The monoisotopic (exact) mass is 464 g/mol. The maximum absolute atomic E-state index is 13.4. The molecule has 4 rings (SSSR count). The van der Waals surface area contributed by atoms with Crippen molar-refractivity contribution in [3.05, 3.63) is 23.8 Å². The van der Waals surface area contributed by atoms with Crippen LogP contribution >= 0.6 is 12.4 Å². The van der Waals surface area contributed by atoms with E-state index in [1.165, 1.54) is 0 Å². The summed E-state index contributed by atoms with van der Waals surface area (Å²) in [6.07, 6.45) is 5.50. The molecular formula is C23H33ClN4O4. The molecule has 0 unspecified atom stereocenters. The zero-order valence-electron chi connectivity index (χ0n) is 18.8. The third-order valence-electron chi connectivity index (χ3n) is 6.89. The standard InChI is InChI=1S/C23H32N4O4.ClH/c1-30-19-8-7-15(13-20(19)31-2)22-17-5-3-4-6-18(17)23(29)27(25-22)16-9-11-26(12-10-16)21(28)14-24;/h7-8,13,16-18H,3-6,9-12,14,24H2,1-2H3;1H/t17-,18+;/m0./s1. The fourth-order valence-electron chi connectivity index (χ4n) is 5.18. The Morgan fingerprint density at radius 1 is 1.06 bits per heavy atom. The minimum Gasteiger partial charge on any atom is -0.493 e. The number of rotatable bonds is 5. The van der Waals surface area contributed by atoms with E-state index in [1.54, 1.807) is 24.1 Å². The first-order chi connectivity index (χ1) is 15.1. The van der Waals surface area contributed by atoms with Crippen molar-refractivity contribution < 1.29 is 19.1 Å². The van der Waals surface area contributed by atoms with E-state index in [-0.39, 0.29) is 48.6 Å². The van der Waals surface area contributed by atoms with E-state index in [4.69, 9.17) is 20.3 Å². The van der Waals surface area contributed by atoms with Crippen LogP contribution < -0.4 is 15.2 Å². The molecule has 1 saturated heterocycles. The van der Waals surface area contributed by atoms with Crippen molar-refractivity contribution in [1.29, 1.82) is 0 Å². The van der Waals surface area contributed by atoms with Crippen molar-refractivity contribution in [3.63, 3.8) is 0 Å². The molecule has 0 aromatic heterocycles. The quantitative estimate of drug-likeness (QED) is 0.721. The number of hydrogen-bond donors (Lipinski definition) is 1. The summed E-state index contributed by atoms with van der Waals surface area (Å²) in [5, 5.41) is 6.66. The number of halogens is 1. The van der Waals surface area contributed by atoms with Crippen LogP contribution in [0.25, 0.3) is 0 Å². The molecule has 176 valence electrons. The molecule has 32 heavy (non-hydrogen) atoms. The van der Waals surface area contributed by atoms with Crippen molar-refractivity contribution in [3.8, 4) is 11.5 Å². The molecule has 0 radical (unpaired) electrons. The van der Waals surface area contributed by atoms with Crippen molar-refractivity contribution >= 4 is 29.9 Å². The van der Waals surface area contributed by atoms with Gasteiger partial charge in [-0.25, -0.2) is 5.01 Å². The van der Waals surface area contributed by atoms with Crippen molar-refractivity contribution in [2.24, 2.45) is 22.7 Å². The molecule has 2 amide bonds. The number of fused-ring (bicyclic) bond motifs is 1. The van der Waals surface area contributed by atoms with Crippen LogP contribution in [0.15, 0.2) is 23.3 Å². The molecule has 1 aromatic rings. The summed E-state index contributed by atoms with van der Waals surface area (Å²) in [5.74, 6) is 1.54. The Morgan fingerprint density at radius 2 is 1.72 bits per heavy atom. The van der Waals surface area contributed by atoms with Gasteiger partial charge in [0.1, 0.15) is 0 Å². The number of piperidine rings is 1. The van der Waals surface area contributed by atoms with E-state index in [2.05, 4.69) is 0 Å². The minimum absolute atomic E-state index is 0. The lowest BCUT2D eigenvalue weighted by atomic mass is 9.73. The number of methoxy groups -OCH3 is 2. The number of carbonyl (C=O) groups excluding carboxylic acids is 2. The highest BCUT2D eigenvalue weighted by molar-refractivity contribution is 6.07. The lowest BCUT2D eigenvalue weighted by Gasteiger charge is -2.43. The smallest absolute Gasteiger partial charge is 0.246 e. The number of hydrogen-bond acceptors (Lipinski definition) is 6. The number of nitrogens with two attached hydrogens (primary N) is 1. The summed E-state index contributed by atoms with van der Waals surface area (Å²) < 4.78 is 10.9. The molecule has 1 saturated carbocycles. The second-order valence-corrected chi connectivity index (χ2v) is 8.55. The molecule has 1 aliphatic carbocycles. The molecule has 8 nitrogen and oxygen atoms in total. The summed E-state index contributed by atoms with van der Waals surface area (Å²) in [6, 6.07) is 5.86. The first-order valence-electron chi connectivity index (χ1n) is 11.2. The van der Waals surface area contributed by atoms with Crippen LogP contribution in [0.3, 0.4) is 0 Å². The molecule has 1 aromatic carbocycles. The van der Waals surface area contributed by atoms with Gasteiger partial charge in [0.15, 0.2) is 11.5 Å². The van der Waals surface area contributed by atoms with E-state index in [0.717, 1.165) is 49.8 Å². The van der Waals surface area contributed by atoms with Crippen LogP contribution in [0.2, 0.25) is 0 Å². The maximum Gasteiger partial charge on any atom is 0.246 e. The Labute approximate surface area is 195 Å². The Balaban J connectivity index is 0.00000289. The van der Waals surface area contributed by atoms with Crippen molar-refractivity contribution in [2.75, 3.05) is 33.9 Å². The summed E-state index contributed by atoms with van der Waals surface area (Å²) in [6.45, 7) is 1.25. The number of hydrazone groups is 1. The zero-order valence-corrected chi connectivity index (χ0v) is 19.6. The zero-order chi connectivity index (χ0) is 22.0. The van der Waals surface area contributed by atoms with Crippen LogP contribution in [0.4, 0.5) is 0 Å². The van der Waals surface area contributed by atoms with Gasteiger partial charge in [-0.2, -0.15) is 5.10 Å². The average molecular weight is 465 g/mol. The van der Waals surface area contributed by atoms with E-state index in [1.807, 2.05) is 18.2 Å². The van der Waals surface area contributed by atoms with Crippen molar-refractivity contribution in [1.82, 2.24) is 9.91 Å². The third kappa shape index (κ3) is 4.57. The first kappa shape index (κ1) is 24.3. The number of benzene rings is 1. The highest BCUT2D eigenvalue weighted by Crippen LogP contribution is 2.40. The van der Waals surface area contributed by atoms with Crippen LogP contribution in [0.5, 0.6) is 11.5 Å². The molecule has 2 N–H and O–H groups in total. The van der Waals surface area contributed by atoms with Gasteiger partial charge >= 0.3 is 0 Å². The van der Waals surface area contributed by atoms with E-state index in [9.17, 15) is 9.59 Å². The molecule has 2 heterocycles. The number of ether oxygens (including phenoxy) is 2. The molecule has 2 fully saturated rings. The van der Waals surface area contributed by atoms with E-state index >= 15 is 0 Å². The van der Waals surface area contributed by atoms with Crippen LogP contribution in [0.1, 0.15) is 44.1 Å². The van der Waals surface area contributed by atoms with Gasteiger partial charge in [0.2, 0.25) is 11.8 Å². The number of amides is 2. The normalized spacial score (nSPS) is 23.7. The van der Waals surface area contributed by atoms with E-state index < -0.39 is 0 Å². The number of carbonyl (C=O) groups is 2. The van der Waals surface area contributed by atoms with Gasteiger partial charge in [0.05, 0.1) is 32.5 Å². The highest BCUT2D eigenvalue weighted by Gasteiger charge is 2.43. The second-order valence-electron chi connectivity index (χ2n) is 8.55. The Kier molecular flexibility index (Phi) is 8.00. The fraction of sp³-hybridized carbons (Fsp3) is 0.609. The van der Waals surface area contributed by atoms with Crippen LogP contribution in [-0.4, -0.2) is 67.3 Å². The molecular weight excluding hydrogens is 432 g/mol. The number of nitrogens with zero attached hydrogens (tertiary/aromatic N) is 3. The first-order valence-corrected chi connectivity index (χ1v) is 11.2. The summed E-state index contributed by atoms with van der Waals surface area (Å²) in [5.41, 5.74) is 7.44. The predicted molar refractivity (Wildman–Crippen MR) is 124 cm³/mol. The second kappa shape index (κ2) is 10.5. The van der Waals surface area contributed by atoms with Crippen molar-refractivity contribution in [2.45, 2.75) is 44.6 Å². The summed E-state index contributed by atoms with van der Waals surface area (Å²) >= 11 is 0. The highest BCUT2D eigenvalue weighted by atomic mass is 35.5. The average Bonchev–Trinajstić information content (AvgIpc) is 2.83. The fourth-order valence-corrected chi connectivity index (χ4v) is 5.18. The lowest BCUT2D eigenvalue weighted by Crippen LogP contribution is -2.53. The largest absolute Gasteiger partial charge is 0.493 e. The minimum atomic E-state index is -0.0368. The molecule has 2 atom stereocenters. The van der Waals surface area contributed by atoms with Gasteiger partial charge in [0, 0.05) is 30.5 Å². The van der Waals surface area contributed by atoms with Gasteiger partial charge < -0.3 is 20.1 Å². The van der Waals surface area contributed by atoms with Gasteiger partial charge in [0.25, 0.3) is 0 Å². The van der Waals surface area contributed by atoms with Crippen LogP contribution in [0, 0.1) is 11.8 Å². The molecule has 9 heteroatoms. The lowest BCUT2D eigenvalue weighted by molar-refractivity contribution is -0.143. The molecule has 0 spiro atoms. The summed E-state index contributed by atoms with van der Waals surface area (Å²) in [4.78, 5) is 27.1. The SMILES string of the molecule is COc1ccc(C2=NN(C3CCN(C(=O)CN)CC3)C(=O)[C@@H]3CCCC[C@H]23)cc1OC.Cl. The predicted octanol–water partition coefficient (Wildman–Crippen LogP) is 2.43. The number of likely N-dealkylation sites (tertiary alicyclic amines) is 1. The van der Waals surface area contributed by atoms with Gasteiger partial charge in [-0.3, -0.25) is 9.59 Å². The van der Waals surface area contributed by atoms with E-state index in [0.29, 0.717) is 24.6 Å². The topological polar surface area (TPSA) is 97.5 Å². The Bertz CT molecular complexity index is 870. The van der Waals surface area contributed by atoms with Crippen LogP contribution in [-0.2, 0) is 9.59 Å². The molecule has 3 aliphatic rings. The third-order valence-corrected chi connectivity index (χ3v) is 6.89. The molecule has 2 aliphatic heterocycles. The van der Waals surface area contributed by atoms with Gasteiger partial charge in [-0.1, -0.05) is 12.8 Å². The van der Waals surface area contributed by atoms with Gasteiger partial charge in [-0.05, 0) is 43.9 Å². The Morgan fingerprint density at radius 3 is 2.34 bits per heavy atom. The molecule has 0 bridgehead atoms. The maximum atomic E-state index is 13.4. The Hall–Kier alpha value is -2.32. The van der Waals surface area contributed by atoms with Gasteiger partial charge in [-0.15, -0.1) is 12.4 Å².